The van der Waals surface area contributed by atoms with Crippen molar-refractivity contribution < 1.29 is 4.79 Å². The van der Waals surface area contributed by atoms with Crippen molar-refractivity contribution in [2.75, 3.05) is 11.9 Å². The first-order chi connectivity index (χ1) is 10.2. The average Bonchev–Trinajstić information content (AvgIpc) is 2.52. The molecule has 6 heteroatoms. The topological polar surface area (TPSA) is 66.9 Å². The van der Waals surface area contributed by atoms with E-state index in [4.69, 9.17) is 11.6 Å². The Kier molecular flexibility index (Phi) is 5.51. The molecule has 21 heavy (non-hydrogen) atoms. The first-order valence-corrected chi connectivity index (χ1v) is 7.16. The van der Waals surface area contributed by atoms with E-state index < -0.39 is 0 Å². The van der Waals surface area contributed by atoms with Crippen molar-refractivity contribution in [2.24, 2.45) is 0 Å². The highest BCUT2D eigenvalue weighted by molar-refractivity contribution is 6.31. The number of nitrogens with zero attached hydrogens (tertiary/aromatic N) is 2. The second kappa shape index (κ2) is 7.59. The van der Waals surface area contributed by atoms with Crippen molar-refractivity contribution in [3.63, 3.8) is 0 Å². The fraction of sp³-hybridized carbons (Fsp3) is 0.267. The molecule has 0 unspecified atom stereocenters. The largest absolute Gasteiger partial charge is 0.384 e. The lowest BCUT2D eigenvalue weighted by molar-refractivity contribution is 0.0951. The van der Waals surface area contributed by atoms with Gasteiger partial charge in [-0.25, -0.2) is 0 Å². The second-order valence-electron chi connectivity index (χ2n) is 4.51. The number of benzene rings is 1. The van der Waals surface area contributed by atoms with Gasteiger partial charge in [0.25, 0.3) is 5.91 Å². The number of hydrogen-bond acceptors (Lipinski definition) is 4. The minimum atomic E-state index is -0.193. The van der Waals surface area contributed by atoms with Gasteiger partial charge in [-0.2, -0.15) is 10.2 Å². The molecule has 5 nitrogen and oxygen atoms in total. The van der Waals surface area contributed by atoms with Crippen LogP contribution in [-0.4, -0.2) is 22.6 Å². The highest BCUT2D eigenvalue weighted by atomic mass is 35.5. The Morgan fingerprint density at radius 1 is 1.33 bits per heavy atom. The highest BCUT2D eigenvalue weighted by Gasteiger charge is 2.12. The molecule has 0 saturated heterocycles. The van der Waals surface area contributed by atoms with Crippen LogP contribution < -0.4 is 10.6 Å². The van der Waals surface area contributed by atoms with Crippen LogP contribution in [0.25, 0.3) is 0 Å². The third kappa shape index (κ3) is 4.43. The SMILES string of the molecule is CCCNc1ccc(Cl)cc1C(=O)NCc1cccnn1. The number of anilines is 1. The van der Waals surface area contributed by atoms with Crippen LogP contribution in [0.15, 0.2) is 36.5 Å². The molecule has 1 amide bonds. The van der Waals surface area contributed by atoms with Gasteiger partial charge in [0.15, 0.2) is 0 Å². The Morgan fingerprint density at radius 2 is 2.19 bits per heavy atom. The number of carbonyl (C=O) groups is 1. The molecule has 0 fully saturated rings. The van der Waals surface area contributed by atoms with E-state index in [0.29, 0.717) is 22.8 Å². The Bertz CT molecular complexity index is 604. The van der Waals surface area contributed by atoms with Crippen molar-refractivity contribution in [3.8, 4) is 0 Å². The van der Waals surface area contributed by atoms with Gasteiger partial charge in [-0.1, -0.05) is 18.5 Å². The summed E-state index contributed by atoms with van der Waals surface area (Å²) in [6, 6.07) is 8.82. The number of aromatic nitrogens is 2. The van der Waals surface area contributed by atoms with Gasteiger partial charge in [0.1, 0.15) is 0 Å². The minimum absolute atomic E-state index is 0.193. The summed E-state index contributed by atoms with van der Waals surface area (Å²) >= 11 is 5.98. The molecule has 0 atom stereocenters. The molecular weight excluding hydrogens is 288 g/mol. The average molecular weight is 305 g/mol. The predicted molar refractivity (Wildman–Crippen MR) is 83.4 cm³/mol. The number of amides is 1. The Hall–Kier alpha value is -2.14. The van der Waals surface area contributed by atoms with E-state index in [1.54, 1.807) is 24.4 Å². The first kappa shape index (κ1) is 15.3. The number of halogens is 1. The maximum atomic E-state index is 12.3. The first-order valence-electron chi connectivity index (χ1n) is 6.79. The zero-order valence-corrected chi connectivity index (χ0v) is 12.5. The fourth-order valence-electron chi connectivity index (χ4n) is 1.81. The van der Waals surface area contributed by atoms with Crippen LogP contribution >= 0.6 is 11.6 Å². The van der Waals surface area contributed by atoms with Crippen molar-refractivity contribution in [1.82, 2.24) is 15.5 Å². The van der Waals surface area contributed by atoms with E-state index >= 15 is 0 Å². The van der Waals surface area contributed by atoms with E-state index in [0.717, 1.165) is 18.7 Å². The lowest BCUT2D eigenvalue weighted by Gasteiger charge is -2.12. The predicted octanol–water partition coefficient (Wildman–Crippen LogP) is 2.88. The molecule has 0 radical (unpaired) electrons. The molecule has 110 valence electrons. The fourth-order valence-corrected chi connectivity index (χ4v) is 1.98. The maximum absolute atomic E-state index is 12.3. The van der Waals surface area contributed by atoms with Gasteiger partial charge in [-0.05, 0) is 36.8 Å². The van der Waals surface area contributed by atoms with E-state index in [-0.39, 0.29) is 5.91 Å². The molecule has 2 aromatic rings. The summed E-state index contributed by atoms with van der Waals surface area (Å²) in [5, 5.41) is 14.3. The van der Waals surface area contributed by atoms with Crippen LogP contribution in [0.1, 0.15) is 29.4 Å². The Morgan fingerprint density at radius 3 is 2.90 bits per heavy atom. The minimum Gasteiger partial charge on any atom is -0.384 e. The normalized spacial score (nSPS) is 10.2. The van der Waals surface area contributed by atoms with Gasteiger partial charge in [0.2, 0.25) is 0 Å². The molecular formula is C15H17ClN4O. The molecule has 0 bridgehead atoms. The zero-order chi connectivity index (χ0) is 15.1. The maximum Gasteiger partial charge on any atom is 0.253 e. The molecule has 0 aliphatic heterocycles. The number of rotatable bonds is 6. The molecule has 1 aromatic heterocycles. The summed E-state index contributed by atoms with van der Waals surface area (Å²) in [6.07, 6.45) is 2.57. The van der Waals surface area contributed by atoms with E-state index in [9.17, 15) is 4.79 Å². The van der Waals surface area contributed by atoms with Crippen LogP contribution in [0, 0.1) is 0 Å². The van der Waals surface area contributed by atoms with Gasteiger partial charge < -0.3 is 10.6 Å². The molecule has 1 heterocycles. The van der Waals surface area contributed by atoms with Gasteiger partial charge in [0, 0.05) is 23.5 Å². The smallest absolute Gasteiger partial charge is 0.253 e. The van der Waals surface area contributed by atoms with Gasteiger partial charge in [0.05, 0.1) is 17.8 Å². The molecule has 2 N–H and O–H groups in total. The van der Waals surface area contributed by atoms with Crippen molar-refractivity contribution in [2.45, 2.75) is 19.9 Å². The number of carbonyl (C=O) groups excluding carboxylic acids is 1. The van der Waals surface area contributed by atoms with Crippen LogP contribution in [0.5, 0.6) is 0 Å². The molecule has 1 aromatic carbocycles. The summed E-state index contributed by atoms with van der Waals surface area (Å²) in [4.78, 5) is 12.3. The Balaban J connectivity index is 2.08. The van der Waals surface area contributed by atoms with Crippen molar-refractivity contribution in [1.29, 1.82) is 0 Å². The lowest BCUT2D eigenvalue weighted by Crippen LogP contribution is -2.24. The summed E-state index contributed by atoms with van der Waals surface area (Å²) in [6.45, 7) is 3.19. The van der Waals surface area contributed by atoms with Gasteiger partial charge in [-0.3, -0.25) is 4.79 Å². The molecule has 0 spiro atoms. The van der Waals surface area contributed by atoms with Gasteiger partial charge in [-0.15, -0.1) is 0 Å². The molecule has 0 aliphatic rings. The van der Waals surface area contributed by atoms with Crippen LogP contribution in [0.4, 0.5) is 5.69 Å². The summed E-state index contributed by atoms with van der Waals surface area (Å²) in [5.41, 5.74) is 2.01. The molecule has 0 saturated carbocycles. The quantitative estimate of drug-likeness (QED) is 0.861. The van der Waals surface area contributed by atoms with Crippen LogP contribution in [0.3, 0.4) is 0 Å². The number of nitrogens with one attached hydrogen (secondary N) is 2. The third-order valence-corrected chi connectivity index (χ3v) is 3.08. The summed E-state index contributed by atoms with van der Waals surface area (Å²) in [5.74, 6) is -0.193. The van der Waals surface area contributed by atoms with Gasteiger partial charge >= 0.3 is 0 Å². The second-order valence-corrected chi connectivity index (χ2v) is 4.95. The Labute approximate surface area is 128 Å². The lowest BCUT2D eigenvalue weighted by atomic mass is 10.1. The van der Waals surface area contributed by atoms with E-state index in [1.807, 2.05) is 12.1 Å². The van der Waals surface area contributed by atoms with E-state index in [2.05, 4.69) is 27.8 Å². The van der Waals surface area contributed by atoms with Crippen LogP contribution in [-0.2, 0) is 6.54 Å². The zero-order valence-electron chi connectivity index (χ0n) is 11.8. The molecule has 0 aliphatic carbocycles. The highest BCUT2D eigenvalue weighted by Crippen LogP contribution is 2.20. The third-order valence-electron chi connectivity index (χ3n) is 2.85. The molecule has 2 rings (SSSR count). The summed E-state index contributed by atoms with van der Waals surface area (Å²) in [7, 11) is 0. The van der Waals surface area contributed by atoms with Crippen molar-refractivity contribution in [3.05, 3.63) is 52.8 Å². The van der Waals surface area contributed by atoms with Crippen molar-refractivity contribution >= 4 is 23.2 Å². The van der Waals surface area contributed by atoms with Crippen LogP contribution in [0.2, 0.25) is 5.02 Å². The van der Waals surface area contributed by atoms with E-state index in [1.165, 1.54) is 0 Å². The standard InChI is InChI=1S/C15H17ClN4O/c1-2-7-17-14-6-5-11(16)9-13(14)15(21)18-10-12-4-3-8-19-20-12/h3-6,8-9,17H,2,7,10H2,1H3,(H,18,21). The number of hydrogen-bond donors (Lipinski definition) is 2. The summed E-state index contributed by atoms with van der Waals surface area (Å²) < 4.78 is 0. The monoisotopic (exact) mass is 304 g/mol.